The molecular weight excluding hydrogens is 554 g/mol. The molecule has 2 aromatic carbocycles. The third-order valence-corrected chi connectivity index (χ3v) is 7.67. The van der Waals surface area contributed by atoms with Gasteiger partial charge in [-0.25, -0.2) is 4.79 Å². The molecule has 4 rings (SSSR count). The van der Waals surface area contributed by atoms with Gasteiger partial charge < -0.3 is 24.4 Å². The van der Waals surface area contributed by atoms with Crippen LogP contribution in [0.5, 0.6) is 5.75 Å². The summed E-state index contributed by atoms with van der Waals surface area (Å²) in [6.45, 7) is 2.92. The van der Waals surface area contributed by atoms with Gasteiger partial charge >= 0.3 is 11.9 Å². The number of nitro groups is 1. The summed E-state index contributed by atoms with van der Waals surface area (Å²) in [6.07, 6.45) is -0.286. The topological polar surface area (TPSA) is 154 Å². The number of ether oxygens (including phenoxy) is 3. The summed E-state index contributed by atoms with van der Waals surface area (Å²) in [5.41, 5.74) is 0.583. The van der Waals surface area contributed by atoms with Crippen molar-refractivity contribution in [2.45, 2.75) is 39.0 Å². The second-order valence-electron chi connectivity index (χ2n) is 9.39. The molecule has 2 amide bonds. The molecular formula is C28H29N3O9S. The van der Waals surface area contributed by atoms with Crippen molar-refractivity contribution in [1.29, 1.82) is 0 Å². The van der Waals surface area contributed by atoms with E-state index in [2.05, 4.69) is 5.32 Å². The molecule has 0 radical (unpaired) electrons. The molecule has 1 saturated heterocycles. The maximum absolute atomic E-state index is 13.2. The van der Waals surface area contributed by atoms with E-state index in [4.69, 9.17) is 14.2 Å². The normalized spacial score (nSPS) is 18.2. The Hall–Kier alpha value is -4.39. The molecule has 12 nitrogen and oxygen atoms in total. The minimum Gasteiger partial charge on any atom is -0.484 e. The number of carbonyl (C=O) groups is 4. The highest BCUT2D eigenvalue weighted by Gasteiger charge is 2.58. The average Bonchev–Trinajstić information content (AvgIpc) is 3.27. The maximum Gasteiger partial charge on any atom is 0.356 e. The number of β-lactam (4-membered cyclic amide) rings is 1. The second-order valence-corrected chi connectivity index (χ2v) is 10.6. The standard InChI is InChI=1S/C28H29N3O9S/c1-17(40-18(2)32)25-22-14-23(41-13-12-29-24(33)16-38-21-6-4-3-5-7-21)26(30(22)27(25)34)28(35)39-15-19-8-10-20(11-9-19)31(36)37/h3-11,17,22,25H,12-16H2,1-2H3,(H,29,33)/t17-,22+,25+/m0/s1. The Balaban J connectivity index is 1.37. The van der Waals surface area contributed by atoms with Crippen LogP contribution in [0.1, 0.15) is 25.8 Å². The van der Waals surface area contributed by atoms with Crippen LogP contribution in [0.25, 0.3) is 0 Å². The van der Waals surface area contributed by atoms with Crippen molar-refractivity contribution >= 4 is 41.2 Å². The summed E-state index contributed by atoms with van der Waals surface area (Å²) in [6, 6.07) is 14.2. The lowest BCUT2D eigenvalue weighted by molar-refractivity contribution is -0.384. The van der Waals surface area contributed by atoms with Crippen LogP contribution in [0.2, 0.25) is 0 Å². The number of hydrogen-bond acceptors (Lipinski definition) is 10. The first-order chi connectivity index (χ1) is 19.7. The van der Waals surface area contributed by atoms with E-state index in [1.807, 2.05) is 6.07 Å². The molecule has 2 aliphatic heterocycles. The first-order valence-electron chi connectivity index (χ1n) is 12.9. The summed E-state index contributed by atoms with van der Waals surface area (Å²) >= 11 is 1.33. The van der Waals surface area contributed by atoms with Gasteiger partial charge in [0.05, 0.1) is 16.9 Å². The van der Waals surface area contributed by atoms with Gasteiger partial charge in [0.15, 0.2) is 6.61 Å². The van der Waals surface area contributed by atoms with Crippen LogP contribution >= 0.6 is 11.8 Å². The Bertz CT molecular complexity index is 1350. The van der Waals surface area contributed by atoms with Crippen LogP contribution in [-0.4, -0.2) is 64.6 Å². The number of carbonyl (C=O) groups excluding carboxylic acids is 4. The van der Waals surface area contributed by atoms with E-state index < -0.39 is 28.9 Å². The van der Waals surface area contributed by atoms with Crippen molar-refractivity contribution in [2.75, 3.05) is 18.9 Å². The number of nitro benzene ring substituents is 1. The van der Waals surface area contributed by atoms with Gasteiger partial charge in [-0.05, 0) is 36.8 Å². The third-order valence-electron chi connectivity index (χ3n) is 6.55. The Morgan fingerprint density at radius 1 is 1.15 bits per heavy atom. The number of benzene rings is 2. The molecule has 2 aliphatic rings. The predicted octanol–water partition coefficient (Wildman–Crippen LogP) is 2.96. The highest BCUT2D eigenvalue weighted by atomic mass is 32.2. The number of fused-ring (bicyclic) bond motifs is 1. The third kappa shape index (κ3) is 7.23. The SMILES string of the molecule is CC(=O)O[C@@H](C)[C@H]1C(=O)N2C(C(=O)OCc3ccc([N+](=O)[O-])cc3)=C(SCCNC(=O)COc3ccccc3)C[C@H]12. The Morgan fingerprint density at radius 3 is 2.51 bits per heavy atom. The quantitative estimate of drug-likeness (QED) is 0.122. The van der Waals surface area contributed by atoms with E-state index in [1.54, 1.807) is 31.2 Å². The highest BCUT2D eigenvalue weighted by Crippen LogP contribution is 2.47. The average molecular weight is 584 g/mol. The minimum absolute atomic E-state index is 0.0852. The summed E-state index contributed by atoms with van der Waals surface area (Å²) in [7, 11) is 0. The van der Waals surface area contributed by atoms with Gasteiger partial charge in [-0.3, -0.25) is 24.5 Å². The van der Waals surface area contributed by atoms with E-state index in [1.165, 1.54) is 47.9 Å². The van der Waals surface area contributed by atoms with E-state index in [9.17, 15) is 29.3 Å². The van der Waals surface area contributed by atoms with Crippen LogP contribution in [0.4, 0.5) is 5.69 Å². The van der Waals surface area contributed by atoms with Gasteiger partial charge in [0, 0.05) is 42.7 Å². The molecule has 41 heavy (non-hydrogen) atoms. The summed E-state index contributed by atoms with van der Waals surface area (Å²) < 4.78 is 16.2. The molecule has 0 saturated carbocycles. The number of non-ortho nitro benzene ring substituents is 1. The molecule has 0 spiro atoms. The molecule has 1 fully saturated rings. The van der Waals surface area contributed by atoms with E-state index in [0.29, 0.717) is 34.9 Å². The molecule has 0 bridgehead atoms. The molecule has 0 aliphatic carbocycles. The largest absolute Gasteiger partial charge is 0.484 e. The van der Waals surface area contributed by atoms with E-state index >= 15 is 0 Å². The number of rotatable bonds is 13. The summed E-state index contributed by atoms with van der Waals surface area (Å²) in [5.74, 6) is -1.44. The lowest BCUT2D eigenvalue weighted by atomic mass is 9.83. The molecule has 13 heteroatoms. The zero-order valence-corrected chi connectivity index (χ0v) is 23.3. The molecule has 1 N–H and O–H groups in total. The van der Waals surface area contributed by atoms with Crippen molar-refractivity contribution in [3.8, 4) is 5.75 Å². The van der Waals surface area contributed by atoms with Crippen molar-refractivity contribution in [3.05, 3.63) is 80.9 Å². The van der Waals surface area contributed by atoms with Crippen molar-refractivity contribution in [2.24, 2.45) is 5.92 Å². The van der Waals surface area contributed by atoms with Gasteiger partial charge in [0.25, 0.3) is 11.6 Å². The van der Waals surface area contributed by atoms with Gasteiger partial charge in [0.1, 0.15) is 24.2 Å². The first kappa shape index (κ1) is 29.6. The lowest BCUT2D eigenvalue weighted by Gasteiger charge is -2.45. The zero-order valence-electron chi connectivity index (χ0n) is 22.4. The Kier molecular flexibility index (Phi) is 9.61. The second kappa shape index (κ2) is 13.3. The summed E-state index contributed by atoms with van der Waals surface area (Å²) in [4.78, 5) is 62.2. The Morgan fingerprint density at radius 2 is 1.85 bits per heavy atom. The minimum atomic E-state index is -0.708. The van der Waals surface area contributed by atoms with Crippen molar-refractivity contribution < 1.29 is 38.3 Å². The predicted molar refractivity (Wildman–Crippen MR) is 147 cm³/mol. The molecule has 2 aromatic rings. The fourth-order valence-corrected chi connectivity index (χ4v) is 5.74. The molecule has 3 atom stereocenters. The maximum atomic E-state index is 13.2. The number of esters is 2. The highest BCUT2D eigenvalue weighted by molar-refractivity contribution is 8.03. The number of nitrogens with one attached hydrogen (secondary N) is 1. The zero-order chi connectivity index (χ0) is 29.5. The van der Waals surface area contributed by atoms with Gasteiger partial charge in [0.2, 0.25) is 5.91 Å². The van der Waals surface area contributed by atoms with Crippen LogP contribution < -0.4 is 10.1 Å². The lowest BCUT2D eigenvalue weighted by Crippen LogP contribution is -2.62. The first-order valence-corrected chi connectivity index (χ1v) is 13.9. The molecule has 216 valence electrons. The van der Waals surface area contributed by atoms with Crippen molar-refractivity contribution in [1.82, 2.24) is 10.2 Å². The Labute approximate surface area is 240 Å². The van der Waals surface area contributed by atoms with Crippen LogP contribution in [0.15, 0.2) is 65.2 Å². The monoisotopic (exact) mass is 583 g/mol. The molecule has 0 aromatic heterocycles. The van der Waals surface area contributed by atoms with Crippen LogP contribution in [0, 0.1) is 16.0 Å². The van der Waals surface area contributed by atoms with Crippen LogP contribution in [0.3, 0.4) is 0 Å². The molecule has 2 heterocycles. The number of amides is 2. The van der Waals surface area contributed by atoms with Gasteiger partial charge in [-0.1, -0.05) is 18.2 Å². The van der Waals surface area contributed by atoms with Crippen LogP contribution in [-0.2, 0) is 35.3 Å². The fourth-order valence-electron chi connectivity index (χ4n) is 4.68. The fraction of sp³-hybridized carbons (Fsp3) is 0.357. The van der Waals surface area contributed by atoms with Gasteiger partial charge in [-0.2, -0.15) is 0 Å². The summed E-state index contributed by atoms with van der Waals surface area (Å²) in [5, 5.41) is 13.6. The number of nitrogens with zero attached hydrogens (tertiary/aromatic N) is 2. The van der Waals surface area contributed by atoms with E-state index in [-0.39, 0.29) is 42.5 Å². The number of para-hydroxylation sites is 1. The smallest absolute Gasteiger partial charge is 0.356 e. The number of hydrogen-bond donors (Lipinski definition) is 1. The number of thioether (sulfide) groups is 1. The van der Waals surface area contributed by atoms with Gasteiger partial charge in [-0.15, -0.1) is 11.8 Å². The molecule has 0 unspecified atom stereocenters. The van der Waals surface area contributed by atoms with E-state index in [0.717, 1.165) is 0 Å². The van der Waals surface area contributed by atoms with Crippen molar-refractivity contribution in [3.63, 3.8) is 0 Å².